The summed E-state index contributed by atoms with van der Waals surface area (Å²) in [5.74, 6) is 1.98. The van der Waals surface area contributed by atoms with E-state index in [2.05, 4.69) is 20.3 Å². The first-order valence-electron chi connectivity index (χ1n) is 7.29. The summed E-state index contributed by atoms with van der Waals surface area (Å²) in [6.45, 7) is 2.33. The molecule has 0 spiro atoms. The third-order valence-corrected chi connectivity index (χ3v) is 4.64. The Kier molecular flexibility index (Phi) is 4.30. The van der Waals surface area contributed by atoms with Gasteiger partial charge in [0.15, 0.2) is 9.84 Å². The second-order valence-corrected chi connectivity index (χ2v) is 7.33. The maximum Gasteiger partial charge on any atom is 0.179 e. The van der Waals surface area contributed by atoms with Crippen LogP contribution in [-0.4, -0.2) is 34.2 Å². The molecule has 0 saturated carbocycles. The molecule has 1 N–H and O–H groups in total. The van der Waals surface area contributed by atoms with Gasteiger partial charge in [0.05, 0.1) is 0 Å². The molecule has 3 rings (SSSR count). The lowest BCUT2D eigenvalue weighted by atomic mass is 10.3. The lowest BCUT2D eigenvalue weighted by Crippen LogP contribution is -2.08. The van der Waals surface area contributed by atoms with Crippen LogP contribution in [0, 0.1) is 6.92 Å². The van der Waals surface area contributed by atoms with Crippen molar-refractivity contribution in [2.45, 2.75) is 18.4 Å². The number of rotatable bonds is 5. The van der Waals surface area contributed by atoms with Gasteiger partial charge in [0, 0.05) is 37.6 Å². The first-order chi connectivity index (χ1) is 11.4. The number of sulfone groups is 1. The van der Waals surface area contributed by atoms with Gasteiger partial charge >= 0.3 is 0 Å². The number of nitrogens with one attached hydrogen (secondary N) is 1. The van der Waals surface area contributed by atoms with Crippen molar-refractivity contribution >= 4 is 15.7 Å². The van der Waals surface area contributed by atoms with Crippen LogP contribution in [0.2, 0.25) is 0 Å². The van der Waals surface area contributed by atoms with Crippen LogP contribution in [0.1, 0.15) is 11.4 Å². The zero-order valence-corrected chi connectivity index (χ0v) is 14.2. The number of hydrogen-bond acceptors (Lipinski definition) is 6. The molecule has 0 aliphatic carbocycles. The Balaban J connectivity index is 1.76. The predicted molar refractivity (Wildman–Crippen MR) is 90.8 cm³/mol. The summed E-state index contributed by atoms with van der Waals surface area (Å²) in [6, 6.07) is 6.96. The predicted octanol–water partition coefficient (Wildman–Crippen LogP) is 1.99. The Bertz CT molecular complexity index is 949. The number of hydrogen-bond donors (Lipinski definition) is 1. The van der Waals surface area contributed by atoms with Crippen molar-refractivity contribution in [1.82, 2.24) is 19.5 Å². The first-order valence-corrected chi connectivity index (χ1v) is 9.18. The molecule has 7 nitrogen and oxygen atoms in total. The average molecular weight is 343 g/mol. The molecule has 0 radical (unpaired) electrons. The van der Waals surface area contributed by atoms with Gasteiger partial charge in [-0.25, -0.2) is 23.4 Å². The van der Waals surface area contributed by atoms with Gasteiger partial charge in [0.2, 0.25) is 0 Å². The molecule has 24 heavy (non-hydrogen) atoms. The quantitative estimate of drug-likeness (QED) is 0.762. The van der Waals surface area contributed by atoms with Crippen LogP contribution in [0.25, 0.3) is 5.82 Å². The van der Waals surface area contributed by atoms with E-state index in [0.29, 0.717) is 12.4 Å². The van der Waals surface area contributed by atoms with Crippen molar-refractivity contribution in [3.05, 3.63) is 60.4 Å². The molecule has 124 valence electrons. The number of imidazole rings is 1. The van der Waals surface area contributed by atoms with Crippen molar-refractivity contribution in [3.63, 3.8) is 0 Å². The van der Waals surface area contributed by atoms with Gasteiger partial charge in [-0.3, -0.25) is 4.57 Å². The molecule has 3 aromatic rings. The summed E-state index contributed by atoms with van der Waals surface area (Å²) in [7, 11) is -3.33. The highest BCUT2D eigenvalue weighted by molar-refractivity contribution is 7.90. The highest BCUT2D eigenvalue weighted by Gasteiger charge is 2.13. The second kappa shape index (κ2) is 6.40. The second-order valence-electron chi connectivity index (χ2n) is 5.34. The number of aryl methyl sites for hydroxylation is 1. The van der Waals surface area contributed by atoms with E-state index in [1.54, 1.807) is 24.7 Å². The van der Waals surface area contributed by atoms with Crippen molar-refractivity contribution in [2.24, 2.45) is 0 Å². The van der Waals surface area contributed by atoms with Crippen LogP contribution in [-0.2, 0) is 16.4 Å². The van der Waals surface area contributed by atoms with Gasteiger partial charge < -0.3 is 5.32 Å². The molecule has 0 unspecified atom stereocenters. The summed E-state index contributed by atoms with van der Waals surface area (Å²) < 4.78 is 25.4. The van der Waals surface area contributed by atoms with Crippen LogP contribution in [0.4, 0.5) is 5.82 Å². The van der Waals surface area contributed by atoms with Gasteiger partial charge in [0.1, 0.15) is 22.4 Å². The van der Waals surface area contributed by atoms with Gasteiger partial charge in [-0.15, -0.1) is 0 Å². The van der Waals surface area contributed by atoms with Crippen LogP contribution >= 0.6 is 0 Å². The lowest BCUT2D eigenvalue weighted by molar-refractivity contribution is 0.601. The first kappa shape index (κ1) is 16.1. The smallest absolute Gasteiger partial charge is 0.179 e. The minimum absolute atomic E-state index is 0.184. The zero-order valence-electron chi connectivity index (χ0n) is 13.3. The highest BCUT2D eigenvalue weighted by atomic mass is 32.2. The third kappa shape index (κ3) is 3.43. The normalized spacial score (nSPS) is 11.4. The molecule has 0 amide bonds. The summed E-state index contributed by atoms with van der Waals surface area (Å²) in [4.78, 5) is 12.9. The van der Waals surface area contributed by atoms with Gasteiger partial charge in [-0.2, -0.15) is 0 Å². The Hall–Kier alpha value is -2.74. The molecular formula is C16H17N5O2S. The number of aromatic nitrogens is 4. The Morgan fingerprint density at radius 2 is 1.96 bits per heavy atom. The van der Waals surface area contributed by atoms with E-state index < -0.39 is 9.84 Å². The zero-order chi connectivity index (χ0) is 17.2. The van der Waals surface area contributed by atoms with Gasteiger partial charge in [-0.05, 0) is 30.7 Å². The van der Waals surface area contributed by atoms with E-state index in [0.717, 1.165) is 17.2 Å². The van der Waals surface area contributed by atoms with Crippen molar-refractivity contribution < 1.29 is 8.42 Å². The summed E-state index contributed by atoms with van der Waals surface area (Å²) in [6.07, 6.45) is 8.03. The standard InChI is InChI=1S/C16H17N5O2S/c1-12-17-8-9-21(12)15-6-5-13(10-19-15)11-20-16-14(24(2,22)23)4-3-7-18-16/h3-10H,11H2,1-2H3,(H,18,20). The largest absolute Gasteiger partial charge is 0.365 e. The van der Waals surface area contributed by atoms with E-state index in [9.17, 15) is 8.42 Å². The molecule has 0 fully saturated rings. The minimum Gasteiger partial charge on any atom is -0.365 e. The third-order valence-electron chi connectivity index (χ3n) is 3.51. The Morgan fingerprint density at radius 3 is 2.58 bits per heavy atom. The van der Waals surface area contributed by atoms with Crippen molar-refractivity contribution in [3.8, 4) is 5.82 Å². The molecule has 0 aliphatic heterocycles. The fourth-order valence-corrected chi connectivity index (χ4v) is 3.09. The maximum atomic E-state index is 11.8. The average Bonchev–Trinajstić information content (AvgIpc) is 2.99. The van der Waals surface area contributed by atoms with Crippen molar-refractivity contribution in [2.75, 3.05) is 11.6 Å². The fraction of sp³-hybridized carbons (Fsp3) is 0.188. The lowest BCUT2D eigenvalue weighted by Gasteiger charge is -2.10. The van der Waals surface area contributed by atoms with Crippen LogP contribution in [0.3, 0.4) is 0 Å². The molecule has 0 aromatic carbocycles. The van der Waals surface area contributed by atoms with E-state index in [4.69, 9.17) is 0 Å². The van der Waals surface area contributed by atoms with Gasteiger partial charge in [0.25, 0.3) is 0 Å². The summed E-state index contributed by atoms with van der Waals surface area (Å²) in [5, 5.41) is 3.05. The molecule has 0 bridgehead atoms. The molecule has 3 heterocycles. The topological polar surface area (TPSA) is 89.8 Å². The number of anilines is 1. The SMILES string of the molecule is Cc1nccn1-c1ccc(CNc2ncccc2S(C)(=O)=O)cn1. The highest BCUT2D eigenvalue weighted by Crippen LogP contribution is 2.18. The number of pyridine rings is 2. The molecule has 0 saturated heterocycles. The van der Waals surface area contributed by atoms with Crippen LogP contribution in [0.15, 0.2) is 53.9 Å². The van der Waals surface area contributed by atoms with Crippen molar-refractivity contribution in [1.29, 1.82) is 0 Å². The van der Waals surface area contributed by atoms with E-state index in [-0.39, 0.29) is 4.90 Å². The van der Waals surface area contributed by atoms with E-state index >= 15 is 0 Å². The summed E-state index contributed by atoms with van der Waals surface area (Å²) >= 11 is 0. The van der Waals surface area contributed by atoms with E-state index in [1.165, 1.54) is 12.3 Å². The fourth-order valence-electron chi connectivity index (χ4n) is 2.29. The summed E-state index contributed by atoms with van der Waals surface area (Å²) in [5.41, 5.74) is 0.918. The number of nitrogens with zero attached hydrogens (tertiary/aromatic N) is 4. The Morgan fingerprint density at radius 1 is 1.12 bits per heavy atom. The van der Waals surface area contributed by atoms with Crippen LogP contribution < -0.4 is 5.32 Å². The molecule has 0 atom stereocenters. The monoisotopic (exact) mass is 343 g/mol. The van der Waals surface area contributed by atoms with Gasteiger partial charge in [-0.1, -0.05) is 6.07 Å². The molecule has 0 aliphatic rings. The molecule has 8 heteroatoms. The molecular weight excluding hydrogens is 326 g/mol. The Labute approximate surface area is 140 Å². The molecule has 3 aromatic heterocycles. The van der Waals surface area contributed by atoms with Crippen LogP contribution in [0.5, 0.6) is 0 Å². The van der Waals surface area contributed by atoms with E-state index in [1.807, 2.05) is 29.8 Å². The minimum atomic E-state index is -3.33. The maximum absolute atomic E-state index is 11.8.